The molecule has 0 fully saturated rings. The molecule has 1 heterocycles. The standard InChI is InChI=1S/C21H19FN2O3/c1-14-11-19(23-20(25)16-5-9-18(27-2)10-6-16)21(26)24(12-14)13-15-3-7-17(22)8-4-15/h3-12H,13H2,1-2H3,(H,23,25). The van der Waals surface area contributed by atoms with Gasteiger partial charge in [0.2, 0.25) is 0 Å². The van der Waals surface area contributed by atoms with Crippen molar-refractivity contribution in [3.8, 4) is 5.75 Å². The number of aryl methyl sites for hydroxylation is 1. The van der Waals surface area contributed by atoms with Gasteiger partial charge < -0.3 is 14.6 Å². The summed E-state index contributed by atoms with van der Waals surface area (Å²) in [7, 11) is 1.55. The molecule has 2 aromatic carbocycles. The molecule has 0 spiro atoms. The highest BCUT2D eigenvalue weighted by atomic mass is 19.1. The Balaban J connectivity index is 1.84. The number of aromatic nitrogens is 1. The third kappa shape index (κ3) is 4.41. The lowest BCUT2D eigenvalue weighted by Gasteiger charge is -2.11. The third-order valence-electron chi connectivity index (χ3n) is 4.09. The summed E-state index contributed by atoms with van der Waals surface area (Å²) in [5.74, 6) is -0.0692. The Morgan fingerprint density at radius 1 is 1.11 bits per heavy atom. The molecule has 1 aromatic heterocycles. The molecule has 0 saturated carbocycles. The van der Waals surface area contributed by atoms with E-state index in [0.717, 1.165) is 11.1 Å². The number of methoxy groups -OCH3 is 1. The van der Waals surface area contributed by atoms with Crippen molar-refractivity contribution in [3.63, 3.8) is 0 Å². The number of nitrogens with one attached hydrogen (secondary N) is 1. The summed E-state index contributed by atoms with van der Waals surface area (Å²) < 4.78 is 19.6. The van der Waals surface area contributed by atoms with Crippen LogP contribution in [0.15, 0.2) is 65.6 Å². The van der Waals surface area contributed by atoms with E-state index < -0.39 is 0 Å². The van der Waals surface area contributed by atoms with Crippen LogP contribution in [0.2, 0.25) is 0 Å². The van der Waals surface area contributed by atoms with E-state index in [2.05, 4.69) is 5.32 Å². The van der Waals surface area contributed by atoms with E-state index >= 15 is 0 Å². The number of amides is 1. The Morgan fingerprint density at radius 3 is 2.41 bits per heavy atom. The number of hydrogen-bond donors (Lipinski definition) is 1. The largest absolute Gasteiger partial charge is 0.497 e. The Hall–Kier alpha value is -3.41. The lowest BCUT2D eigenvalue weighted by Crippen LogP contribution is -2.26. The topological polar surface area (TPSA) is 60.3 Å². The van der Waals surface area contributed by atoms with Crippen LogP contribution in [0.4, 0.5) is 10.1 Å². The van der Waals surface area contributed by atoms with Gasteiger partial charge >= 0.3 is 0 Å². The van der Waals surface area contributed by atoms with Crippen LogP contribution in [0.5, 0.6) is 5.75 Å². The van der Waals surface area contributed by atoms with E-state index in [4.69, 9.17) is 4.74 Å². The number of halogens is 1. The molecule has 27 heavy (non-hydrogen) atoms. The summed E-state index contributed by atoms with van der Waals surface area (Å²) in [5.41, 5.74) is 1.89. The third-order valence-corrected chi connectivity index (χ3v) is 4.09. The Morgan fingerprint density at radius 2 is 1.78 bits per heavy atom. The molecule has 6 heteroatoms. The maximum atomic E-state index is 13.1. The zero-order valence-electron chi connectivity index (χ0n) is 15.0. The quantitative estimate of drug-likeness (QED) is 0.750. The van der Waals surface area contributed by atoms with Gasteiger partial charge in [-0.05, 0) is 60.5 Å². The molecule has 5 nitrogen and oxygen atoms in total. The molecule has 3 rings (SSSR count). The van der Waals surface area contributed by atoms with Crippen LogP contribution in [0, 0.1) is 12.7 Å². The highest BCUT2D eigenvalue weighted by Gasteiger charge is 2.11. The molecule has 1 N–H and O–H groups in total. The van der Waals surface area contributed by atoms with E-state index in [1.54, 1.807) is 55.8 Å². The van der Waals surface area contributed by atoms with Crippen LogP contribution in [0.1, 0.15) is 21.5 Å². The van der Waals surface area contributed by atoms with Gasteiger partial charge in [-0.1, -0.05) is 12.1 Å². The molecular weight excluding hydrogens is 347 g/mol. The minimum atomic E-state index is -0.381. The van der Waals surface area contributed by atoms with Crippen LogP contribution < -0.4 is 15.6 Å². The molecule has 0 aliphatic heterocycles. The molecule has 0 saturated heterocycles. The monoisotopic (exact) mass is 366 g/mol. The number of benzene rings is 2. The van der Waals surface area contributed by atoms with Gasteiger partial charge in [0.1, 0.15) is 17.3 Å². The maximum absolute atomic E-state index is 13.1. The van der Waals surface area contributed by atoms with Crippen molar-refractivity contribution in [1.82, 2.24) is 4.57 Å². The first kappa shape index (κ1) is 18.4. The van der Waals surface area contributed by atoms with Gasteiger partial charge in [0.25, 0.3) is 11.5 Å². The molecule has 0 atom stereocenters. The number of pyridine rings is 1. The minimum absolute atomic E-state index is 0.193. The second-order valence-electron chi connectivity index (χ2n) is 6.17. The Bertz CT molecular complexity index is 1010. The van der Waals surface area contributed by atoms with Crippen molar-refractivity contribution in [1.29, 1.82) is 0 Å². The van der Waals surface area contributed by atoms with Crippen molar-refractivity contribution in [2.45, 2.75) is 13.5 Å². The molecule has 0 bridgehead atoms. The van der Waals surface area contributed by atoms with Crippen molar-refractivity contribution in [2.75, 3.05) is 12.4 Å². The Labute approximate surface area is 156 Å². The summed E-state index contributed by atoms with van der Waals surface area (Å²) in [5, 5.41) is 2.67. The SMILES string of the molecule is COc1ccc(C(=O)Nc2cc(C)cn(Cc3ccc(F)cc3)c2=O)cc1. The van der Waals surface area contributed by atoms with E-state index in [1.807, 2.05) is 6.92 Å². The summed E-state index contributed by atoms with van der Waals surface area (Å²) >= 11 is 0. The van der Waals surface area contributed by atoms with Gasteiger partial charge in [0.15, 0.2) is 0 Å². The minimum Gasteiger partial charge on any atom is -0.497 e. The predicted octanol–water partition coefficient (Wildman–Crippen LogP) is 3.61. The first-order chi connectivity index (χ1) is 13.0. The molecular formula is C21H19FN2O3. The van der Waals surface area contributed by atoms with Gasteiger partial charge in [-0.2, -0.15) is 0 Å². The fourth-order valence-corrected chi connectivity index (χ4v) is 2.72. The number of nitrogens with zero attached hydrogens (tertiary/aromatic N) is 1. The van der Waals surface area contributed by atoms with Gasteiger partial charge in [-0.3, -0.25) is 9.59 Å². The van der Waals surface area contributed by atoms with Crippen LogP contribution in [0.3, 0.4) is 0 Å². The van der Waals surface area contributed by atoms with Crippen LogP contribution >= 0.6 is 0 Å². The van der Waals surface area contributed by atoms with Crippen LogP contribution in [-0.2, 0) is 6.54 Å². The molecule has 3 aromatic rings. The van der Waals surface area contributed by atoms with E-state index in [1.165, 1.54) is 16.7 Å². The maximum Gasteiger partial charge on any atom is 0.274 e. The van der Waals surface area contributed by atoms with Gasteiger partial charge in [0, 0.05) is 11.8 Å². The van der Waals surface area contributed by atoms with Gasteiger partial charge in [0.05, 0.1) is 13.7 Å². The van der Waals surface area contributed by atoms with Crippen LogP contribution in [-0.4, -0.2) is 17.6 Å². The number of carbonyl (C=O) groups excluding carboxylic acids is 1. The van der Waals surface area contributed by atoms with Crippen molar-refractivity contribution < 1.29 is 13.9 Å². The van der Waals surface area contributed by atoms with E-state index in [9.17, 15) is 14.0 Å². The lowest BCUT2D eigenvalue weighted by atomic mass is 10.2. The summed E-state index contributed by atoms with van der Waals surface area (Å²) in [6.07, 6.45) is 1.70. The molecule has 138 valence electrons. The summed E-state index contributed by atoms with van der Waals surface area (Å²) in [6.45, 7) is 2.12. The lowest BCUT2D eigenvalue weighted by molar-refractivity contribution is 0.102. The molecule has 0 radical (unpaired) electrons. The molecule has 0 aliphatic carbocycles. The first-order valence-electron chi connectivity index (χ1n) is 8.37. The smallest absolute Gasteiger partial charge is 0.274 e. The zero-order chi connectivity index (χ0) is 19.4. The van der Waals surface area contributed by atoms with Crippen molar-refractivity contribution >= 4 is 11.6 Å². The van der Waals surface area contributed by atoms with E-state index in [0.29, 0.717) is 11.3 Å². The number of hydrogen-bond acceptors (Lipinski definition) is 3. The second-order valence-corrected chi connectivity index (χ2v) is 6.17. The number of carbonyl (C=O) groups is 1. The normalized spacial score (nSPS) is 10.5. The highest BCUT2D eigenvalue weighted by Crippen LogP contribution is 2.13. The Kier molecular flexibility index (Phi) is 5.35. The second kappa shape index (κ2) is 7.86. The van der Waals surface area contributed by atoms with E-state index in [-0.39, 0.29) is 29.5 Å². The predicted molar refractivity (Wildman–Crippen MR) is 102 cm³/mol. The summed E-state index contributed by atoms with van der Waals surface area (Å²) in [6, 6.07) is 14.2. The van der Waals surface area contributed by atoms with Gasteiger partial charge in [-0.25, -0.2) is 4.39 Å². The molecule has 1 amide bonds. The first-order valence-corrected chi connectivity index (χ1v) is 8.37. The average molecular weight is 366 g/mol. The average Bonchev–Trinajstić information content (AvgIpc) is 2.67. The molecule has 0 aliphatic rings. The fourth-order valence-electron chi connectivity index (χ4n) is 2.72. The highest BCUT2D eigenvalue weighted by molar-refractivity contribution is 6.04. The number of rotatable bonds is 5. The zero-order valence-corrected chi connectivity index (χ0v) is 15.0. The number of ether oxygens (including phenoxy) is 1. The fraction of sp³-hybridized carbons (Fsp3) is 0.143. The summed E-state index contributed by atoms with van der Waals surface area (Å²) in [4.78, 5) is 25.2. The van der Waals surface area contributed by atoms with Crippen LogP contribution in [0.25, 0.3) is 0 Å². The number of anilines is 1. The molecule has 0 unspecified atom stereocenters. The van der Waals surface area contributed by atoms with Gasteiger partial charge in [-0.15, -0.1) is 0 Å². The van der Waals surface area contributed by atoms with Crippen molar-refractivity contribution in [2.24, 2.45) is 0 Å². The van der Waals surface area contributed by atoms with Crippen molar-refractivity contribution in [3.05, 3.63) is 93.7 Å².